The van der Waals surface area contributed by atoms with E-state index in [9.17, 15) is 8.78 Å². The minimum atomic E-state index is -2.70. The molecule has 1 aliphatic rings. The normalized spacial score (nSPS) is 24.7. The van der Waals surface area contributed by atoms with Gasteiger partial charge in [0.1, 0.15) is 0 Å². The Morgan fingerprint density at radius 2 is 1.69 bits per heavy atom. The van der Waals surface area contributed by atoms with Gasteiger partial charge in [-0.05, 0) is 13.0 Å². The molecule has 1 unspecified atom stereocenters. The molecule has 1 saturated heterocycles. The van der Waals surface area contributed by atoms with Crippen LogP contribution in [0.3, 0.4) is 0 Å². The van der Waals surface area contributed by atoms with E-state index in [1.807, 2.05) is 27.7 Å². The Labute approximate surface area is 79.9 Å². The van der Waals surface area contributed by atoms with E-state index in [-0.39, 0.29) is 6.54 Å². The number of nitrogens with two attached hydrogens (primary N) is 1. The summed E-state index contributed by atoms with van der Waals surface area (Å²) in [6, 6.07) is -0.946. The lowest BCUT2D eigenvalue weighted by Crippen LogP contribution is -2.53. The van der Waals surface area contributed by atoms with Crippen molar-refractivity contribution in [1.82, 2.24) is 5.32 Å². The summed E-state index contributed by atoms with van der Waals surface area (Å²) < 4.78 is 24.8. The zero-order chi connectivity index (χ0) is 10.9. The third-order valence-corrected chi connectivity index (χ3v) is 1.54. The minimum absolute atomic E-state index is 0.270. The van der Waals surface area contributed by atoms with Gasteiger partial charge in [0.05, 0.1) is 12.6 Å². The summed E-state index contributed by atoms with van der Waals surface area (Å²) in [5, 5.41) is 2.58. The largest absolute Gasteiger partial charge is 0.323 e. The smallest absolute Gasteiger partial charge is 0.275 e. The fourth-order valence-corrected chi connectivity index (χ4v) is 0.855. The Kier molecular flexibility index (Phi) is 9.84. The van der Waals surface area contributed by atoms with Crippen LogP contribution in [-0.2, 0) is 0 Å². The topological polar surface area (TPSA) is 38.0 Å². The first-order chi connectivity index (χ1) is 6.13. The van der Waals surface area contributed by atoms with E-state index in [4.69, 9.17) is 5.73 Å². The van der Waals surface area contributed by atoms with Gasteiger partial charge >= 0.3 is 0 Å². The van der Waals surface area contributed by atoms with Crippen LogP contribution in [0.4, 0.5) is 8.78 Å². The van der Waals surface area contributed by atoms with Gasteiger partial charge in [-0.2, -0.15) is 0 Å². The highest BCUT2D eigenvalue weighted by atomic mass is 19.3. The molecule has 0 radical (unpaired) electrons. The number of hydrogen-bond acceptors (Lipinski definition) is 2. The van der Waals surface area contributed by atoms with Crippen LogP contribution in [0.1, 0.15) is 34.1 Å². The molecule has 3 N–H and O–H groups in total. The summed E-state index contributed by atoms with van der Waals surface area (Å²) in [6.45, 7) is 8.34. The third kappa shape index (κ3) is 5.93. The number of nitrogens with one attached hydrogen (secondary N) is 1. The molecule has 1 heterocycles. The van der Waals surface area contributed by atoms with E-state index >= 15 is 0 Å². The Balaban J connectivity index is 0. The van der Waals surface area contributed by atoms with Gasteiger partial charge in [-0.1, -0.05) is 27.7 Å². The predicted octanol–water partition coefficient (Wildman–Crippen LogP) is 1.99. The molecule has 0 bridgehead atoms. The maximum absolute atomic E-state index is 12.4. The average molecular weight is 196 g/mol. The molecule has 0 aromatic rings. The van der Waals surface area contributed by atoms with E-state index in [2.05, 4.69) is 5.32 Å². The van der Waals surface area contributed by atoms with Crippen molar-refractivity contribution in [2.45, 2.75) is 46.1 Å². The van der Waals surface area contributed by atoms with E-state index < -0.39 is 12.0 Å². The fraction of sp³-hybridized carbons (Fsp3) is 1.00. The molecule has 2 nitrogen and oxygen atoms in total. The molecule has 0 saturated carbocycles. The van der Waals surface area contributed by atoms with Crippen LogP contribution < -0.4 is 11.1 Å². The van der Waals surface area contributed by atoms with Crippen molar-refractivity contribution in [2.24, 2.45) is 5.73 Å². The van der Waals surface area contributed by atoms with E-state index in [0.717, 1.165) is 0 Å². The molecule has 4 heteroatoms. The summed E-state index contributed by atoms with van der Waals surface area (Å²) in [5.41, 5.74) is 5.12. The molecule has 0 amide bonds. The van der Waals surface area contributed by atoms with Gasteiger partial charge in [-0.25, -0.2) is 8.78 Å². The first-order valence-electron chi connectivity index (χ1n) is 4.97. The minimum Gasteiger partial charge on any atom is -0.323 e. The molecule has 1 aliphatic heterocycles. The Morgan fingerprint density at radius 3 is 1.92 bits per heavy atom. The van der Waals surface area contributed by atoms with Crippen LogP contribution in [0, 0.1) is 0 Å². The van der Waals surface area contributed by atoms with Gasteiger partial charge < -0.3 is 11.1 Å². The lowest BCUT2D eigenvalue weighted by Gasteiger charge is -2.28. The highest BCUT2D eigenvalue weighted by Crippen LogP contribution is 2.20. The number of rotatable bonds is 0. The second-order valence-electron chi connectivity index (χ2n) is 2.33. The fourth-order valence-electron chi connectivity index (χ4n) is 0.855. The van der Waals surface area contributed by atoms with Crippen molar-refractivity contribution in [3.8, 4) is 0 Å². The molecule has 0 aliphatic carbocycles. The average Bonchev–Trinajstić information content (AvgIpc) is 2.17. The molecule has 0 spiro atoms. The molecule has 0 aromatic heterocycles. The van der Waals surface area contributed by atoms with E-state index in [0.29, 0.717) is 13.0 Å². The van der Waals surface area contributed by atoms with Crippen molar-refractivity contribution < 1.29 is 8.78 Å². The first-order valence-corrected chi connectivity index (χ1v) is 4.97. The Hall–Kier alpha value is -0.220. The molecule has 0 aromatic carbocycles. The van der Waals surface area contributed by atoms with Crippen LogP contribution in [0.25, 0.3) is 0 Å². The van der Waals surface area contributed by atoms with E-state index in [1.165, 1.54) is 0 Å². The highest BCUT2D eigenvalue weighted by Gasteiger charge is 2.38. The summed E-state index contributed by atoms with van der Waals surface area (Å²) in [6.07, 6.45) is 0.368. The molecule has 13 heavy (non-hydrogen) atoms. The van der Waals surface area contributed by atoms with Crippen molar-refractivity contribution >= 4 is 0 Å². The van der Waals surface area contributed by atoms with Crippen molar-refractivity contribution in [3.63, 3.8) is 0 Å². The van der Waals surface area contributed by atoms with Crippen LogP contribution in [0.5, 0.6) is 0 Å². The second-order valence-corrected chi connectivity index (χ2v) is 2.33. The molecule has 1 atom stereocenters. The van der Waals surface area contributed by atoms with E-state index in [1.54, 1.807) is 0 Å². The summed E-state index contributed by atoms with van der Waals surface area (Å²) >= 11 is 0. The zero-order valence-electron chi connectivity index (χ0n) is 9.03. The molecule has 1 fully saturated rings. The Bertz CT molecular complexity index is 108. The summed E-state index contributed by atoms with van der Waals surface area (Å²) in [7, 11) is 0. The van der Waals surface area contributed by atoms with Crippen LogP contribution >= 0.6 is 0 Å². The van der Waals surface area contributed by atoms with Crippen LogP contribution in [0.15, 0.2) is 0 Å². The standard InChI is InChI=1S/C5H10F2N2.2C2H6/c6-5(7)3-9-2-1-4(5)8;2*1-2/h4,9H,1-3,8H2;2*1-2H3. The van der Waals surface area contributed by atoms with Crippen molar-refractivity contribution in [3.05, 3.63) is 0 Å². The van der Waals surface area contributed by atoms with Gasteiger partial charge in [-0.15, -0.1) is 0 Å². The number of halogens is 2. The van der Waals surface area contributed by atoms with Gasteiger partial charge in [0.25, 0.3) is 5.92 Å². The Morgan fingerprint density at radius 1 is 1.23 bits per heavy atom. The molecule has 82 valence electrons. The lowest BCUT2D eigenvalue weighted by atomic mass is 10.0. The predicted molar refractivity (Wildman–Crippen MR) is 53.1 cm³/mol. The lowest BCUT2D eigenvalue weighted by molar-refractivity contribution is -0.0388. The van der Waals surface area contributed by atoms with Gasteiger partial charge in [0.2, 0.25) is 0 Å². The summed E-state index contributed by atoms with van der Waals surface area (Å²) in [5.74, 6) is -2.70. The van der Waals surface area contributed by atoms with Gasteiger partial charge in [0, 0.05) is 0 Å². The highest BCUT2D eigenvalue weighted by molar-refractivity contribution is 4.86. The summed E-state index contributed by atoms with van der Waals surface area (Å²) in [4.78, 5) is 0. The number of hydrogen-bond donors (Lipinski definition) is 2. The molecular formula is C9H22F2N2. The van der Waals surface area contributed by atoms with Gasteiger partial charge in [-0.3, -0.25) is 0 Å². The monoisotopic (exact) mass is 196 g/mol. The van der Waals surface area contributed by atoms with Crippen LogP contribution in [0.2, 0.25) is 0 Å². The van der Waals surface area contributed by atoms with Crippen LogP contribution in [-0.4, -0.2) is 25.1 Å². The zero-order valence-corrected chi connectivity index (χ0v) is 9.03. The molecular weight excluding hydrogens is 174 g/mol. The first kappa shape index (κ1) is 15.3. The maximum atomic E-state index is 12.4. The SMILES string of the molecule is CC.CC.NC1CCNCC1(F)F. The number of piperidine rings is 1. The maximum Gasteiger partial charge on any atom is 0.275 e. The van der Waals surface area contributed by atoms with Gasteiger partial charge in [0.15, 0.2) is 0 Å². The quantitative estimate of drug-likeness (QED) is 0.622. The third-order valence-electron chi connectivity index (χ3n) is 1.54. The second kappa shape index (κ2) is 8.38. The molecule has 1 rings (SSSR count). The number of alkyl halides is 2. The van der Waals surface area contributed by atoms with Crippen molar-refractivity contribution in [1.29, 1.82) is 0 Å². The van der Waals surface area contributed by atoms with Crippen molar-refractivity contribution in [2.75, 3.05) is 13.1 Å².